The Kier molecular flexibility index (Phi) is 5.94. The van der Waals surface area contributed by atoms with E-state index in [9.17, 15) is 4.79 Å². The van der Waals surface area contributed by atoms with Gasteiger partial charge in [0, 0.05) is 31.9 Å². The fraction of sp³-hybridized carbons (Fsp3) is 0.611. The Hall–Kier alpha value is -1.95. The van der Waals surface area contributed by atoms with Crippen LogP contribution in [0.1, 0.15) is 49.8 Å². The van der Waals surface area contributed by atoms with Gasteiger partial charge in [0.05, 0.1) is 23.8 Å². The van der Waals surface area contributed by atoms with E-state index >= 15 is 0 Å². The predicted molar refractivity (Wildman–Crippen MR) is 95.3 cm³/mol. The van der Waals surface area contributed by atoms with Crippen LogP contribution in [0.3, 0.4) is 0 Å². The summed E-state index contributed by atoms with van der Waals surface area (Å²) in [5.74, 6) is 0.405. The van der Waals surface area contributed by atoms with Crippen molar-refractivity contribution in [2.24, 2.45) is 5.92 Å². The molecule has 0 aliphatic heterocycles. The summed E-state index contributed by atoms with van der Waals surface area (Å²) >= 11 is 0. The highest BCUT2D eigenvalue weighted by Gasteiger charge is 2.22. The smallest absolute Gasteiger partial charge is 0.254 e. The molecular formula is C18H28N4O2. The van der Waals surface area contributed by atoms with Gasteiger partial charge < -0.3 is 9.64 Å². The van der Waals surface area contributed by atoms with Crippen LogP contribution in [0.25, 0.3) is 11.0 Å². The molecule has 24 heavy (non-hydrogen) atoms. The number of amides is 1. The zero-order chi connectivity index (χ0) is 17.9. The number of ether oxygens (including phenoxy) is 1. The molecule has 132 valence electrons. The van der Waals surface area contributed by atoms with Gasteiger partial charge in [0.1, 0.15) is 0 Å². The van der Waals surface area contributed by atoms with Crippen molar-refractivity contribution in [3.05, 3.63) is 23.5 Å². The summed E-state index contributed by atoms with van der Waals surface area (Å²) in [4.78, 5) is 19.6. The molecule has 6 heteroatoms. The van der Waals surface area contributed by atoms with Gasteiger partial charge in [-0.25, -0.2) is 9.67 Å². The van der Waals surface area contributed by atoms with Gasteiger partial charge >= 0.3 is 0 Å². The number of nitrogens with zero attached hydrogens (tertiary/aromatic N) is 4. The number of rotatable bonds is 7. The fourth-order valence-corrected chi connectivity index (χ4v) is 2.79. The van der Waals surface area contributed by atoms with Crippen LogP contribution in [0.5, 0.6) is 0 Å². The minimum absolute atomic E-state index is 0.0135. The van der Waals surface area contributed by atoms with E-state index < -0.39 is 0 Å². The van der Waals surface area contributed by atoms with Crippen LogP contribution in [0, 0.1) is 12.8 Å². The molecule has 0 saturated heterocycles. The van der Waals surface area contributed by atoms with E-state index in [1.807, 2.05) is 22.6 Å². The molecular weight excluding hydrogens is 304 g/mol. The molecule has 2 aromatic heterocycles. The maximum Gasteiger partial charge on any atom is 0.254 e. The van der Waals surface area contributed by atoms with E-state index in [0.717, 1.165) is 16.7 Å². The van der Waals surface area contributed by atoms with Crippen molar-refractivity contribution in [1.29, 1.82) is 0 Å². The molecule has 6 nitrogen and oxygen atoms in total. The quantitative estimate of drug-likeness (QED) is 0.782. The molecule has 0 atom stereocenters. The number of hydrogen-bond donors (Lipinski definition) is 0. The average molecular weight is 332 g/mol. The first-order chi connectivity index (χ1) is 11.3. The average Bonchev–Trinajstić information content (AvgIpc) is 2.93. The second-order valence-electron chi connectivity index (χ2n) is 6.87. The van der Waals surface area contributed by atoms with E-state index in [-0.39, 0.29) is 11.9 Å². The number of aryl methyl sites for hydroxylation is 1. The molecule has 2 aromatic rings. The molecule has 0 aromatic carbocycles. The number of carbonyl (C=O) groups excluding carboxylic acids is 1. The second-order valence-corrected chi connectivity index (χ2v) is 6.87. The highest BCUT2D eigenvalue weighted by molar-refractivity contribution is 6.05. The predicted octanol–water partition coefficient (Wildman–Crippen LogP) is 3.07. The summed E-state index contributed by atoms with van der Waals surface area (Å²) in [7, 11) is 1.65. The van der Waals surface area contributed by atoms with Crippen LogP contribution >= 0.6 is 0 Å². The van der Waals surface area contributed by atoms with E-state index in [0.29, 0.717) is 31.2 Å². The number of methoxy groups -OCH3 is 1. The Bertz CT molecular complexity index is 706. The first-order valence-electron chi connectivity index (χ1n) is 8.48. The standard InChI is InChI=1S/C18H28N4O2/c1-12(2)11-21(7-8-24-6)18(23)15-9-14(5)20-17-16(15)10-19-22(17)13(3)4/h9-10,12-13H,7-8,11H2,1-6H3. The van der Waals surface area contributed by atoms with Crippen molar-refractivity contribution in [2.45, 2.75) is 40.7 Å². The number of fused-ring (bicyclic) bond motifs is 1. The second kappa shape index (κ2) is 7.75. The zero-order valence-electron chi connectivity index (χ0n) is 15.5. The van der Waals surface area contributed by atoms with Crippen molar-refractivity contribution in [3.8, 4) is 0 Å². The Labute approximate surface area is 143 Å². The SMILES string of the molecule is COCCN(CC(C)C)C(=O)c1cc(C)nc2c1cnn2C(C)C. The van der Waals surface area contributed by atoms with Crippen molar-refractivity contribution < 1.29 is 9.53 Å². The lowest BCUT2D eigenvalue weighted by Crippen LogP contribution is -2.37. The molecule has 0 radical (unpaired) electrons. The summed E-state index contributed by atoms with van der Waals surface area (Å²) < 4.78 is 7.03. The minimum atomic E-state index is 0.0135. The van der Waals surface area contributed by atoms with Crippen LogP contribution in [-0.2, 0) is 4.74 Å². The highest BCUT2D eigenvalue weighted by Crippen LogP contribution is 2.22. The molecule has 2 rings (SSSR count). The molecule has 0 aliphatic carbocycles. The first-order valence-corrected chi connectivity index (χ1v) is 8.48. The van der Waals surface area contributed by atoms with Crippen LogP contribution in [0.4, 0.5) is 0 Å². The van der Waals surface area contributed by atoms with Crippen LogP contribution < -0.4 is 0 Å². The Morgan fingerprint density at radius 2 is 2.04 bits per heavy atom. The van der Waals surface area contributed by atoms with Gasteiger partial charge in [-0.3, -0.25) is 4.79 Å². The lowest BCUT2D eigenvalue weighted by atomic mass is 10.1. The molecule has 2 heterocycles. The lowest BCUT2D eigenvalue weighted by Gasteiger charge is -2.24. The monoisotopic (exact) mass is 332 g/mol. The Morgan fingerprint density at radius 1 is 1.33 bits per heavy atom. The molecule has 0 bridgehead atoms. The minimum Gasteiger partial charge on any atom is -0.383 e. The summed E-state index contributed by atoms with van der Waals surface area (Å²) in [6.07, 6.45) is 1.75. The first kappa shape index (κ1) is 18.4. The van der Waals surface area contributed by atoms with Crippen LogP contribution in [0.15, 0.2) is 12.3 Å². The molecule has 0 spiro atoms. The fourth-order valence-electron chi connectivity index (χ4n) is 2.79. The molecule has 0 N–H and O–H groups in total. The van der Waals surface area contributed by atoms with Crippen molar-refractivity contribution in [1.82, 2.24) is 19.7 Å². The Morgan fingerprint density at radius 3 is 2.62 bits per heavy atom. The summed E-state index contributed by atoms with van der Waals surface area (Å²) in [6, 6.07) is 2.05. The molecule has 0 aliphatic rings. The van der Waals surface area contributed by atoms with Gasteiger partial charge in [-0.2, -0.15) is 5.10 Å². The third-order valence-electron chi connectivity index (χ3n) is 3.85. The third kappa shape index (κ3) is 3.93. The summed E-state index contributed by atoms with van der Waals surface area (Å²) in [6.45, 7) is 12.0. The highest BCUT2D eigenvalue weighted by atomic mass is 16.5. The van der Waals surface area contributed by atoms with E-state index in [1.165, 1.54) is 0 Å². The maximum absolute atomic E-state index is 13.1. The number of carbonyl (C=O) groups is 1. The van der Waals surface area contributed by atoms with Crippen molar-refractivity contribution >= 4 is 16.9 Å². The van der Waals surface area contributed by atoms with E-state index in [4.69, 9.17) is 4.74 Å². The van der Waals surface area contributed by atoms with Gasteiger partial charge in [0.25, 0.3) is 5.91 Å². The van der Waals surface area contributed by atoms with Crippen LogP contribution in [0.2, 0.25) is 0 Å². The summed E-state index contributed by atoms with van der Waals surface area (Å²) in [5.41, 5.74) is 2.26. The lowest BCUT2D eigenvalue weighted by molar-refractivity contribution is 0.0674. The van der Waals surface area contributed by atoms with Gasteiger partial charge in [0.2, 0.25) is 0 Å². The number of aromatic nitrogens is 3. The van der Waals surface area contributed by atoms with Gasteiger partial charge in [-0.15, -0.1) is 0 Å². The van der Waals surface area contributed by atoms with Gasteiger partial charge in [-0.05, 0) is 32.8 Å². The maximum atomic E-state index is 13.1. The zero-order valence-corrected chi connectivity index (χ0v) is 15.5. The topological polar surface area (TPSA) is 60.2 Å². The largest absolute Gasteiger partial charge is 0.383 e. The van der Waals surface area contributed by atoms with E-state index in [2.05, 4.69) is 37.8 Å². The number of pyridine rings is 1. The number of hydrogen-bond acceptors (Lipinski definition) is 4. The van der Waals surface area contributed by atoms with Crippen molar-refractivity contribution in [2.75, 3.05) is 26.8 Å². The van der Waals surface area contributed by atoms with Gasteiger partial charge in [-0.1, -0.05) is 13.8 Å². The van der Waals surface area contributed by atoms with Gasteiger partial charge in [0.15, 0.2) is 5.65 Å². The molecule has 1 amide bonds. The molecule has 0 saturated carbocycles. The normalized spacial score (nSPS) is 11.7. The van der Waals surface area contributed by atoms with Crippen LogP contribution in [-0.4, -0.2) is 52.4 Å². The molecule has 0 unspecified atom stereocenters. The Balaban J connectivity index is 2.46. The molecule has 0 fully saturated rings. The van der Waals surface area contributed by atoms with Crippen molar-refractivity contribution in [3.63, 3.8) is 0 Å². The third-order valence-corrected chi connectivity index (χ3v) is 3.85. The van der Waals surface area contributed by atoms with E-state index in [1.54, 1.807) is 13.3 Å². The summed E-state index contributed by atoms with van der Waals surface area (Å²) in [5, 5.41) is 5.23.